The van der Waals surface area contributed by atoms with Gasteiger partial charge in [0.15, 0.2) is 11.0 Å². The third kappa shape index (κ3) is 3.30. The zero-order chi connectivity index (χ0) is 21.8. The molecule has 1 aliphatic carbocycles. The molecular weight excluding hydrogens is 440 g/mol. The third-order valence-corrected chi connectivity index (χ3v) is 9.17. The van der Waals surface area contributed by atoms with Crippen molar-refractivity contribution >= 4 is 34.4 Å². The summed E-state index contributed by atoms with van der Waals surface area (Å²) in [7, 11) is -0.376. The van der Waals surface area contributed by atoms with Crippen molar-refractivity contribution in [2.75, 3.05) is 22.9 Å². The molecule has 1 saturated carbocycles. The van der Waals surface area contributed by atoms with Crippen molar-refractivity contribution in [3.8, 4) is 0 Å². The predicted molar refractivity (Wildman–Crippen MR) is 118 cm³/mol. The lowest BCUT2D eigenvalue weighted by molar-refractivity contribution is 0.0595. The molecule has 8 heteroatoms. The minimum atomic E-state index is -1.62. The summed E-state index contributed by atoms with van der Waals surface area (Å²) in [5.74, 6) is 0.447. The van der Waals surface area contributed by atoms with Gasteiger partial charge < -0.3 is 4.74 Å². The monoisotopic (exact) mass is 463 g/mol. The number of ether oxygens (including phenoxy) is 1. The van der Waals surface area contributed by atoms with Crippen LogP contribution in [-0.4, -0.2) is 34.8 Å². The molecule has 3 aliphatic rings. The number of thioether (sulfide) groups is 1. The molecule has 1 spiro atoms. The summed E-state index contributed by atoms with van der Waals surface area (Å²) in [6.07, 6.45) is 3.56. The van der Waals surface area contributed by atoms with Gasteiger partial charge in [-0.25, -0.2) is 17.8 Å². The van der Waals surface area contributed by atoms with E-state index in [4.69, 9.17) is 4.74 Å². The van der Waals surface area contributed by atoms with Crippen molar-refractivity contribution in [2.45, 2.75) is 42.0 Å². The number of carbonyl (C=O) groups is 1. The predicted octanol–water partition coefficient (Wildman–Crippen LogP) is 4.84. The van der Waals surface area contributed by atoms with E-state index in [0.717, 1.165) is 37.2 Å². The Morgan fingerprint density at radius 2 is 1.81 bits per heavy atom. The Hall–Kier alpha value is -1.93. The maximum Gasteiger partial charge on any atom is 0.340 e. The number of fused-ring (bicyclic) bond motifs is 2. The van der Waals surface area contributed by atoms with Crippen LogP contribution in [0.2, 0.25) is 0 Å². The summed E-state index contributed by atoms with van der Waals surface area (Å²) in [4.78, 5) is 12.7. The Labute approximate surface area is 186 Å². The van der Waals surface area contributed by atoms with E-state index in [9.17, 15) is 13.4 Å². The number of halogens is 2. The van der Waals surface area contributed by atoms with Crippen LogP contribution in [0.4, 0.5) is 14.5 Å². The molecule has 4 nitrogen and oxygen atoms in total. The molecule has 0 aromatic heterocycles. The van der Waals surface area contributed by atoms with E-state index in [1.807, 2.05) is 16.1 Å². The lowest BCUT2D eigenvalue weighted by Gasteiger charge is -2.41. The first-order chi connectivity index (χ1) is 15.0. The molecule has 1 saturated heterocycles. The number of nitrogens with zero attached hydrogens (tertiary/aromatic N) is 1. The molecule has 2 aromatic carbocycles. The summed E-state index contributed by atoms with van der Waals surface area (Å²) in [5, 5.41) is 0. The average Bonchev–Trinajstić information content (AvgIpc) is 3.58. The Kier molecular flexibility index (Phi) is 5.33. The highest BCUT2D eigenvalue weighted by molar-refractivity contribution is 7.99. The third-order valence-electron chi connectivity index (χ3n) is 6.73. The van der Waals surface area contributed by atoms with E-state index < -0.39 is 34.0 Å². The van der Waals surface area contributed by atoms with E-state index in [2.05, 4.69) is 0 Å². The zero-order valence-electron chi connectivity index (χ0n) is 17.1. The summed E-state index contributed by atoms with van der Waals surface area (Å²) < 4.78 is 49.8. The van der Waals surface area contributed by atoms with Crippen molar-refractivity contribution in [3.63, 3.8) is 0 Å². The molecule has 0 radical (unpaired) electrons. The quantitative estimate of drug-likeness (QED) is 0.609. The number of methoxy groups -OCH3 is 1. The molecule has 2 aliphatic heterocycles. The fourth-order valence-corrected chi connectivity index (χ4v) is 7.93. The van der Waals surface area contributed by atoms with Crippen molar-refractivity contribution in [2.24, 2.45) is 5.92 Å². The molecule has 0 N–H and O–H groups in total. The van der Waals surface area contributed by atoms with E-state index in [0.29, 0.717) is 22.1 Å². The second-order valence-corrected chi connectivity index (χ2v) is 11.0. The summed E-state index contributed by atoms with van der Waals surface area (Å²) in [5.41, 5.74) is 0.508. The normalized spacial score (nSPS) is 22.9. The van der Waals surface area contributed by atoms with Gasteiger partial charge >= 0.3 is 5.97 Å². The molecule has 31 heavy (non-hydrogen) atoms. The van der Waals surface area contributed by atoms with Crippen molar-refractivity contribution in [1.82, 2.24) is 0 Å². The maximum absolute atomic E-state index is 15.9. The fraction of sp³-hybridized carbons (Fsp3) is 0.435. The number of anilines is 1. The van der Waals surface area contributed by atoms with Crippen LogP contribution in [0.25, 0.3) is 0 Å². The molecular formula is C23H23F2NO3S2. The summed E-state index contributed by atoms with van der Waals surface area (Å²) in [6, 6.07) is 8.66. The van der Waals surface area contributed by atoms with Gasteiger partial charge in [-0.3, -0.25) is 4.31 Å². The lowest BCUT2D eigenvalue weighted by atomic mass is 9.70. The van der Waals surface area contributed by atoms with Crippen molar-refractivity contribution in [3.05, 3.63) is 59.2 Å². The largest absolute Gasteiger partial charge is 0.465 e. The van der Waals surface area contributed by atoms with E-state index in [1.54, 1.807) is 6.07 Å². The highest BCUT2D eigenvalue weighted by Crippen LogP contribution is 2.60. The molecule has 164 valence electrons. The Balaban J connectivity index is 1.71. The molecule has 2 fully saturated rings. The number of hydrogen-bond donors (Lipinski definition) is 0. The zero-order valence-corrected chi connectivity index (χ0v) is 18.7. The first kappa shape index (κ1) is 20.9. The van der Waals surface area contributed by atoms with E-state index in [-0.39, 0.29) is 11.6 Å². The van der Waals surface area contributed by atoms with Crippen LogP contribution >= 0.6 is 11.8 Å². The Morgan fingerprint density at radius 3 is 2.42 bits per heavy atom. The van der Waals surface area contributed by atoms with Crippen LogP contribution < -0.4 is 4.31 Å². The van der Waals surface area contributed by atoms with Gasteiger partial charge in [0.05, 0.1) is 29.3 Å². The van der Waals surface area contributed by atoms with Crippen molar-refractivity contribution in [1.29, 1.82) is 0 Å². The number of rotatable bonds is 4. The topological polar surface area (TPSA) is 46.6 Å². The molecule has 2 unspecified atom stereocenters. The van der Waals surface area contributed by atoms with Gasteiger partial charge in [-0.2, -0.15) is 11.8 Å². The minimum Gasteiger partial charge on any atom is -0.465 e. The maximum atomic E-state index is 15.9. The van der Waals surface area contributed by atoms with Gasteiger partial charge in [-0.1, -0.05) is 0 Å². The number of benzene rings is 2. The first-order valence-electron chi connectivity index (χ1n) is 10.4. The Morgan fingerprint density at radius 1 is 1.13 bits per heavy atom. The van der Waals surface area contributed by atoms with Crippen LogP contribution in [0.1, 0.15) is 41.6 Å². The SMILES string of the molecule is COC(=O)c1ccc2c(c1F)C1(CCSCC1)C(C1CC1)N2S(=O)c1ccc(F)cc1. The fourth-order valence-electron chi connectivity index (χ4n) is 5.21. The summed E-state index contributed by atoms with van der Waals surface area (Å²) >= 11 is 1.84. The van der Waals surface area contributed by atoms with Crippen molar-refractivity contribution < 1.29 is 22.5 Å². The van der Waals surface area contributed by atoms with Crippen LogP contribution in [0.3, 0.4) is 0 Å². The van der Waals surface area contributed by atoms with E-state index in [1.165, 1.54) is 37.4 Å². The second kappa shape index (κ2) is 7.89. The van der Waals surface area contributed by atoms with Gasteiger partial charge in [-0.05, 0) is 79.5 Å². The van der Waals surface area contributed by atoms with Crippen LogP contribution in [0, 0.1) is 17.6 Å². The first-order valence-corrected chi connectivity index (χ1v) is 12.7. The second-order valence-electron chi connectivity index (χ2n) is 8.39. The molecule has 5 rings (SSSR count). The van der Waals surface area contributed by atoms with Crippen LogP contribution in [-0.2, 0) is 21.1 Å². The standard InChI is InChI=1S/C23H23F2NO3S2/c1-29-22(27)17-8-9-18-19(20(17)25)23(10-12-30-13-11-23)21(14-2-3-14)26(18)31(28)16-6-4-15(24)5-7-16/h4-9,14,21H,2-3,10-13H2,1H3. The number of carbonyl (C=O) groups excluding carboxylic acids is 1. The van der Waals surface area contributed by atoms with Gasteiger partial charge in [-0.15, -0.1) is 0 Å². The smallest absolute Gasteiger partial charge is 0.340 e. The Bertz CT molecular complexity index is 1050. The van der Waals surface area contributed by atoms with Gasteiger partial charge in [0.2, 0.25) is 0 Å². The summed E-state index contributed by atoms with van der Waals surface area (Å²) in [6.45, 7) is 0. The molecule has 2 atom stereocenters. The molecule has 2 heterocycles. The molecule has 2 aromatic rings. The van der Waals surface area contributed by atoms with Crippen LogP contribution in [0.15, 0.2) is 41.3 Å². The number of esters is 1. The lowest BCUT2D eigenvalue weighted by Crippen LogP contribution is -2.49. The molecule has 0 amide bonds. The van der Waals surface area contributed by atoms with E-state index >= 15 is 4.39 Å². The van der Waals surface area contributed by atoms with Crippen LogP contribution in [0.5, 0.6) is 0 Å². The minimum absolute atomic E-state index is 0.0807. The van der Waals surface area contributed by atoms with Gasteiger partial charge in [0, 0.05) is 11.0 Å². The number of hydrogen-bond acceptors (Lipinski definition) is 4. The highest BCUT2D eigenvalue weighted by atomic mass is 32.2. The highest BCUT2D eigenvalue weighted by Gasteiger charge is 2.59. The average molecular weight is 464 g/mol. The molecule has 0 bridgehead atoms. The van der Waals surface area contributed by atoms with Gasteiger partial charge in [0.25, 0.3) is 0 Å². The van der Waals surface area contributed by atoms with Gasteiger partial charge in [0.1, 0.15) is 11.6 Å².